The predicted octanol–water partition coefficient (Wildman–Crippen LogP) is 2.25. The number of aromatic nitrogens is 1. The lowest BCUT2D eigenvalue weighted by atomic mass is 10.2. The van der Waals surface area contributed by atoms with Crippen molar-refractivity contribution in [2.24, 2.45) is 0 Å². The third-order valence-electron chi connectivity index (χ3n) is 1.65. The number of nitrogens with two attached hydrogens (primary N) is 1. The highest BCUT2D eigenvalue weighted by atomic mass is 35.5. The molecule has 15 heavy (non-hydrogen) atoms. The first-order valence-electron chi connectivity index (χ1n) is 3.75. The fourth-order valence-corrected chi connectivity index (χ4v) is 1.18. The Morgan fingerprint density at radius 1 is 1.67 bits per heavy atom. The number of nitrogens with zero attached hydrogens (tertiary/aromatic N) is 2. The maximum Gasteiger partial charge on any atom is 0.374 e. The van der Waals surface area contributed by atoms with Gasteiger partial charge in [-0.15, -0.1) is 11.6 Å². The van der Waals surface area contributed by atoms with Gasteiger partial charge in [-0.05, 0) is 9.91 Å². The largest absolute Gasteiger partial charge is 0.398 e. The van der Waals surface area contributed by atoms with Gasteiger partial charge in [-0.25, -0.2) is 8.78 Å². The lowest BCUT2D eigenvalue weighted by Crippen LogP contribution is -2.05. The average Bonchev–Trinajstić information content (AvgIpc) is 2.15. The molecule has 0 aromatic carbocycles. The zero-order chi connectivity index (χ0) is 11.6. The summed E-state index contributed by atoms with van der Waals surface area (Å²) >= 11 is 5.38. The summed E-state index contributed by atoms with van der Waals surface area (Å²) in [5.74, 6) is -1.07. The molecule has 0 saturated heterocycles. The Bertz CT molecular complexity index is 400. The highest BCUT2D eigenvalue weighted by molar-refractivity contribution is 6.16. The SMILES string of the molecule is Nc1cc(CCl)nc([N+](=O)[O-])c1C(F)F. The molecule has 0 saturated carbocycles. The third-order valence-corrected chi connectivity index (χ3v) is 1.93. The molecule has 0 aliphatic carbocycles. The Labute approximate surface area is 88.0 Å². The van der Waals surface area contributed by atoms with E-state index in [0.717, 1.165) is 6.07 Å². The van der Waals surface area contributed by atoms with Crippen LogP contribution in [0.3, 0.4) is 0 Å². The summed E-state index contributed by atoms with van der Waals surface area (Å²) < 4.78 is 24.9. The van der Waals surface area contributed by atoms with E-state index in [9.17, 15) is 18.9 Å². The molecule has 8 heteroatoms. The molecule has 82 valence electrons. The zero-order valence-corrected chi connectivity index (χ0v) is 8.04. The highest BCUT2D eigenvalue weighted by Crippen LogP contribution is 2.32. The Morgan fingerprint density at radius 3 is 2.67 bits per heavy atom. The average molecular weight is 238 g/mol. The molecule has 5 nitrogen and oxygen atoms in total. The molecule has 1 rings (SSSR count). The summed E-state index contributed by atoms with van der Waals surface area (Å²) in [5.41, 5.74) is 4.10. The lowest BCUT2D eigenvalue weighted by molar-refractivity contribution is -0.391. The second kappa shape index (κ2) is 4.35. The molecule has 1 aromatic heterocycles. The maximum absolute atomic E-state index is 12.4. The van der Waals surface area contributed by atoms with Crippen molar-refractivity contribution in [2.45, 2.75) is 12.3 Å². The summed E-state index contributed by atoms with van der Waals surface area (Å²) in [5, 5.41) is 10.5. The lowest BCUT2D eigenvalue weighted by Gasteiger charge is -2.05. The Balaban J connectivity index is 3.42. The van der Waals surface area contributed by atoms with Crippen LogP contribution in [0.25, 0.3) is 0 Å². The fraction of sp³-hybridized carbons (Fsp3) is 0.286. The van der Waals surface area contributed by atoms with Gasteiger partial charge < -0.3 is 15.8 Å². The van der Waals surface area contributed by atoms with Gasteiger partial charge in [0.15, 0.2) is 5.69 Å². The summed E-state index contributed by atoms with van der Waals surface area (Å²) in [7, 11) is 0. The molecule has 2 N–H and O–H groups in total. The van der Waals surface area contributed by atoms with Crippen LogP contribution in [0.4, 0.5) is 20.3 Å². The fourth-order valence-electron chi connectivity index (χ4n) is 1.05. The van der Waals surface area contributed by atoms with Crippen molar-refractivity contribution in [2.75, 3.05) is 5.73 Å². The van der Waals surface area contributed by atoms with E-state index in [-0.39, 0.29) is 17.3 Å². The molecular formula is C7H6ClF2N3O2. The van der Waals surface area contributed by atoms with E-state index in [1.165, 1.54) is 0 Å². The summed E-state index contributed by atoms with van der Waals surface area (Å²) in [4.78, 5) is 12.8. The topological polar surface area (TPSA) is 82.0 Å². The van der Waals surface area contributed by atoms with E-state index < -0.39 is 22.7 Å². The molecule has 0 atom stereocenters. The van der Waals surface area contributed by atoms with Crippen molar-refractivity contribution in [3.63, 3.8) is 0 Å². The molecular weight excluding hydrogens is 232 g/mol. The molecule has 1 aromatic rings. The van der Waals surface area contributed by atoms with E-state index >= 15 is 0 Å². The zero-order valence-electron chi connectivity index (χ0n) is 7.28. The molecule has 0 radical (unpaired) electrons. The van der Waals surface area contributed by atoms with Crippen LogP contribution >= 0.6 is 11.6 Å². The van der Waals surface area contributed by atoms with E-state index in [2.05, 4.69) is 4.98 Å². The van der Waals surface area contributed by atoms with Crippen LogP contribution in [0.15, 0.2) is 6.07 Å². The minimum absolute atomic E-state index is 0.0882. The van der Waals surface area contributed by atoms with Gasteiger partial charge in [0.25, 0.3) is 6.43 Å². The first-order chi connectivity index (χ1) is 6.97. The molecule has 1 heterocycles. The number of rotatable bonds is 3. The maximum atomic E-state index is 12.4. The van der Waals surface area contributed by atoms with Crippen molar-refractivity contribution < 1.29 is 13.7 Å². The second-order valence-corrected chi connectivity index (χ2v) is 2.90. The smallest absolute Gasteiger partial charge is 0.374 e. The van der Waals surface area contributed by atoms with Gasteiger partial charge in [-0.2, -0.15) is 0 Å². The Hall–Kier alpha value is -1.50. The molecule has 0 unspecified atom stereocenters. The van der Waals surface area contributed by atoms with Crippen molar-refractivity contribution in [1.82, 2.24) is 4.98 Å². The van der Waals surface area contributed by atoms with Crippen molar-refractivity contribution in [3.8, 4) is 0 Å². The Kier molecular flexibility index (Phi) is 3.35. The van der Waals surface area contributed by atoms with Gasteiger partial charge in [0.05, 0.1) is 11.6 Å². The number of alkyl halides is 3. The van der Waals surface area contributed by atoms with Crippen molar-refractivity contribution in [3.05, 3.63) is 27.4 Å². The monoisotopic (exact) mass is 237 g/mol. The minimum atomic E-state index is -3.04. The standard InChI is InChI=1S/C7H6ClF2N3O2/c8-2-3-1-4(11)5(6(9)10)7(12-3)13(14)15/h1,6H,2H2,(H2,11,12). The molecule has 0 spiro atoms. The first-order valence-corrected chi connectivity index (χ1v) is 4.28. The normalized spacial score (nSPS) is 10.7. The quantitative estimate of drug-likeness (QED) is 0.497. The first kappa shape index (κ1) is 11.6. The molecule has 0 bridgehead atoms. The predicted molar refractivity (Wildman–Crippen MR) is 49.8 cm³/mol. The van der Waals surface area contributed by atoms with E-state index in [0.29, 0.717) is 0 Å². The highest BCUT2D eigenvalue weighted by Gasteiger charge is 2.27. The van der Waals surface area contributed by atoms with Gasteiger partial charge in [0.2, 0.25) is 0 Å². The van der Waals surface area contributed by atoms with E-state index in [1.54, 1.807) is 0 Å². The van der Waals surface area contributed by atoms with E-state index in [4.69, 9.17) is 17.3 Å². The number of nitro groups is 1. The molecule has 0 aliphatic rings. The summed E-state index contributed by atoms with van der Waals surface area (Å²) in [6, 6.07) is 1.10. The van der Waals surface area contributed by atoms with Gasteiger partial charge in [-0.1, -0.05) is 0 Å². The van der Waals surface area contributed by atoms with Crippen LogP contribution in [0, 0.1) is 10.1 Å². The van der Waals surface area contributed by atoms with Crippen LogP contribution in [-0.4, -0.2) is 9.91 Å². The number of halogens is 3. The van der Waals surface area contributed by atoms with E-state index in [1.807, 2.05) is 0 Å². The number of anilines is 1. The van der Waals surface area contributed by atoms with Gasteiger partial charge in [0.1, 0.15) is 5.56 Å². The molecule has 0 amide bonds. The summed E-state index contributed by atoms with van der Waals surface area (Å²) in [6.45, 7) is 0. The second-order valence-electron chi connectivity index (χ2n) is 2.63. The number of pyridine rings is 1. The number of hydrogen-bond acceptors (Lipinski definition) is 4. The van der Waals surface area contributed by atoms with Crippen molar-refractivity contribution >= 4 is 23.1 Å². The van der Waals surface area contributed by atoms with Crippen LogP contribution in [0.1, 0.15) is 17.7 Å². The number of nitrogen functional groups attached to an aromatic ring is 1. The van der Waals surface area contributed by atoms with Crippen molar-refractivity contribution in [1.29, 1.82) is 0 Å². The van der Waals surface area contributed by atoms with Gasteiger partial charge in [0, 0.05) is 6.07 Å². The van der Waals surface area contributed by atoms with Crippen LogP contribution in [-0.2, 0) is 5.88 Å². The molecule has 0 fully saturated rings. The number of hydrogen-bond donors (Lipinski definition) is 1. The van der Waals surface area contributed by atoms with Crippen LogP contribution in [0.2, 0.25) is 0 Å². The third kappa shape index (κ3) is 2.30. The van der Waals surface area contributed by atoms with Gasteiger partial charge in [-0.3, -0.25) is 0 Å². The molecule has 0 aliphatic heterocycles. The van der Waals surface area contributed by atoms with Crippen LogP contribution < -0.4 is 5.73 Å². The van der Waals surface area contributed by atoms with Crippen LogP contribution in [0.5, 0.6) is 0 Å². The Morgan fingerprint density at radius 2 is 2.27 bits per heavy atom. The van der Waals surface area contributed by atoms with Gasteiger partial charge >= 0.3 is 5.82 Å². The summed E-state index contributed by atoms with van der Waals surface area (Å²) in [6.07, 6.45) is -3.04. The minimum Gasteiger partial charge on any atom is -0.398 e.